The second kappa shape index (κ2) is 5.50. The van der Waals surface area contributed by atoms with Gasteiger partial charge in [-0.05, 0) is 25.0 Å². The van der Waals surface area contributed by atoms with E-state index in [-0.39, 0.29) is 0 Å². The van der Waals surface area contributed by atoms with Crippen LogP contribution >= 0.6 is 11.3 Å². The van der Waals surface area contributed by atoms with E-state index < -0.39 is 0 Å². The maximum atomic E-state index is 5.69. The van der Waals surface area contributed by atoms with Gasteiger partial charge in [-0.25, -0.2) is 4.98 Å². The van der Waals surface area contributed by atoms with Crippen LogP contribution in [0, 0.1) is 13.8 Å². The highest BCUT2D eigenvalue weighted by molar-refractivity contribution is 7.15. The van der Waals surface area contributed by atoms with E-state index in [0.29, 0.717) is 6.54 Å². The second-order valence-corrected chi connectivity index (χ2v) is 5.55. The predicted octanol–water partition coefficient (Wildman–Crippen LogP) is 2.86. The van der Waals surface area contributed by atoms with Gasteiger partial charge in [0.05, 0.1) is 5.69 Å². The number of anilines is 1. The van der Waals surface area contributed by atoms with Gasteiger partial charge in [0.1, 0.15) is 0 Å². The van der Waals surface area contributed by atoms with Gasteiger partial charge in [0, 0.05) is 25.0 Å². The summed E-state index contributed by atoms with van der Waals surface area (Å²) in [4.78, 5) is 7.92. The Morgan fingerprint density at radius 2 is 2.00 bits per heavy atom. The van der Waals surface area contributed by atoms with Gasteiger partial charge < -0.3 is 10.6 Å². The molecule has 0 bridgehead atoms. The molecule has 0 unspecified atom stereocenters. The normalized spacial score (nSPS) is 10.7. The van der Waals surface area contributed by atoms with Gasteiger partial charge in [-0.15, -0.1) is 11.3 Å². The summed E-state index contributed by atoms with van der Waals surface area (Å²) in [6, 6.07) is 8.45. The number of rotatable bonds is 4. The molecule has 18 heavy (non-hydrogen) atoms. The number of thiazole rings is 1. The highest BCUT2D eigenvalue weighted by atomic mass is 32.1. The first-order valence-electron chi connectivity index (χ1n) is 6.04. The number of aromatic nitrogens is 1. The van der Waals surface area contributed by atoms with Crippen molar-refractivity contribution >= 4 is 16.5 Å². The summed E-state index contributed by atoms with van der Waals surface area (Å²) in [5.74, 6) is 0. The van der Waals surface area contributed by atoms with Crippen molar-refractivity contribution in [3.8, 4) is 0 Å². The van der Waals surface area contributed by atoms with Crippen LogP contribution in [0.4, 0.5) is 5.13 Å². The summed E-state index contributed by atoms with van der Waals surface area (Å²) < 4.78 is 0. The fourth-order valence-electron chi connectivity index (χ4n) is 1.88. The van der Waals surface area contributed by atoms with Crippen LogP contribution < -0.4 is 10.6 Å². The average molecular weight is 261 g/mol. The average Bonchev–Trinajstić information content (AvgIpc) is 2.73. The number of aryl methyl sites for hydroxylation is 2. The third kappa shape index (κ3) is 2.71. The lowest BCUT2D eigenvalue weighted by Crippen LogP contribution is -2.16. The molecule has 3 nitrogen and oxygen atoms in total. The number of nitrogens with two attached hydrogens (primary N) is 1. The van der Waals surface area contributed by atoms with E-state index >= 15 is 0 Å². The zero-order chi connectivity index (χ0) is 13.1. The van der Waals surface area contributed by atoms with Gasteiger partial charge in [-0.2, -0.15) is 0 Å². The van der Waals surface area contributed by atoms with Crippen LogP contribution in [0.2, 0.25) is 0 Å². The molecule has 0 fully saturated rings. The molecule has 0 aliphatic heterocycles. The van der Waals surface area contributed by atoms with Crippen molar-refractivity contribution in [3.63, 3.8) is 0 Å². The molecule has 0 aliphatic carbocycles. The fourth-order valence-corrected chi connectivity index (χ4v) is 2.78. The summed E-state index contributed by atoms with van der Waals surface area (Å²) >= 11 is 1.68. The molecule has 1 heterocycles. The topological polar surface area (TPSA) is 42.2 Å². The zero-order valence-corrected chi connectivity index (χ0v) is 11.9. The predicted molar refractivity (Wildman–Crippen MR) is 78.0 cm³/mol. The minimum Gasteiger partial charge on any atom is -0.347 e. The number of hydrogen-bond donors (Lipinski definition) is 1. The first-order valence-corrected chi connectivity index (χ1v) is 6.85. The standard InChI is InChI=1S/C14H19N3S/c1-10-6-4-5-7-12(10)9-17(3)14-16-11(2)13(8-15)18-14/h4-7H,8-9,15H2,1-3H3. The molecule has 0 amide bonds. The molecule has 0 radical (unpaired) electrons. The Morgan fingerprint density at radius 3 is 2.61 bits per heavy atom. The van der Waals surface area contributed by atoms with E-state index in [1.165, 1.54) is 16.0 Å². The van der Waals surface area contributed by atoms with E-state index in [1.807, 2.05) is 6.92 Å². The van der Waals surface area contributed by atoms with Crippen molar-refractivity contribution < 1.29 is 0 Å². The molecule has 4 heteroatoms. The van der Waals surface area contributed by atoms with E-state index in [1.54, 1.807) is 11.3 Å². The number of hydrogen-bond acceptors (Lipinski definition) is 4. The molecule has 0 spiro atoms. The van der Waals surface area contributed by atoms with Crippen LogP contribution in [0.15, 0.2) is 24.3 Å². The van der Waals surface area contributed by atoms with Gasteiger partial charge in [0.25, 0.3) is 0 Å². The summed E-state index contributed by atoms with van der Waals surface area (Å²) in [5, 5.41) is 1.04. The van der Waals surface area contributed by atoms with Crippen molar-refractivity contribution in [1.29, 1.82) is 0 Å². The lowest BCUT2D eigenvalue weighted by Gasteiger charge is -2.17. The molecule has 2 aromatic rings. The van der Waals surface area contributed by atoms with Gasteiger partial charge >= 0.3 is 0 Å². The van der Waals surface area contributed by atoms with Crippen molar-refractivity contribution in [2.45, 2.75) is 26.9 Å². The number of benzene rings is 1. The minimum atomic E-state index is 0.571. The summed E-state index contributed by atoms with van der Waals surface area (Å²) in [5.41, 5.74) is 9.39. The maximum Gasteiger partial charge on any atom is 0.185 e. The largest absolute Gasteiger partial charge is 0.347 e. The summed E-state index contributed by atoms with van der Waals surface area (Å²) in [7, 11) is 2.07. The molecule has 0 saturated carbocycles. The Hall–Kier alpha value is -1.39. The highest BCUT2D eigenvalue weighted by Crippen LogP contribution is 2.26. The van der Waals surface area contributed by atoms with Crippen LogP contribution in [0.25, 0.3) is 0 Å². The Morgan fingerprint density at radius 1 is 1.28 bits per heavy atom. The quantitative estimate of drug-likeness (QED) is 0.920. The molecule has 2 rings (SSSR count). The lowest BCUT2D eigenvalue weighted by atomic mass is 10.1. The Kier molecular flexibility index (Phi) is 3.99. The molecule has 1 aromatic carbocycles. The van der Waals surface area contributed by atoms with Crippen LogP contribution in [0.1, 0.15) is 21.7 Å². The lowest BCUT2D eigenvalue weighted by molar-refractivity contribution is 0.902. The first-order chi connectivity index (χ1) is 8.61. The first kappa shape index (κ1) is 13.1. The zero-order valence-electron chi connectivity index (χ0n) is 11.1. The third-order valence-electron chi connectivity index (χ3n) is 3.06. The van der Waals surface area contributed by atoms with Crippen molar-refractivity contribution in [3.05, 3.63) is 46.0 Å². The van der Waals surface area contributed by atoms with E-state index in [9.17, 15) is 0 Å². The van der Waals surface area contributed by atoms with E-state index in [2.05, 4.69) is 48.1 Å². The van der Waals surface area contributed by atoms with E-state index in [4.69, 9.17) is 5.73 Å². The van der Waals surface area contributed by atoms with Crippen LogP contribution in [0.5, 0.6) is 0 Å². The monoisotopic (exact) mass is 261 g/mol. The SMILES string of the molecule is Cc1ccccc1CN(C)c1nc(C)c(CN)s1. The van der Waals surface area contributed by atoms with Crippen LogP contribution in [-0.4, -0.2) is 12.0 Å². The van der Waals surface area contributed by atoms with Crippen molar-refractivity contribution in [2.75, 3.05) is 11.9 Å². The molecule has 0 saturated heterocycles. The van der Waals surface area contributed by atoms with Crippen molar-refractivity contribution in [2.24, 2.45) is 5.73 Å². The third-order valence-corrected chi connectivity index (χ3v) is 4.36. The van der Waals surface area contributed by atoms with Crippen LogP contribution in [-0.2, 0) is 13.1 Å². The Bertz CT molecular complexity index is 534. The molecule has 0 aliphatic rings. The minimum absolute atomic E-state index is 0.571. The maximum absolute atomic E-state index is 5.69. The van der Waals surface area contributed by atoms with Crippen molar-refractivity contribution in [1.82, 2.24) is 4.98 Å². The van der Waals surface area contributed by atoms with E-state index in [0.717, 1.165) is 17.4 Å². The smallest absolute Gasteiger partial charge is 0.185 e. The summed E-state index contributed by atoms with van der Waals surface area (Å²) in [6.07, 6.45) is 0. The highest BCUT2D eigenvalue weighted by Gasteiger charge is 2.11. The molecule has 0 atom stereocenters. The molecule has 96 valence electrons. The summed E-state index contributed by atoms with van der Waals surface area (Å²) in [6.45, 7) is 5.61. The van der Waals surface area contributed by atoms with Gasteiger partial charge in [0.2, 0.25) is 0 Å². The fraction of sp³-hybridized carbons (Fsp3) is 0.357. The van der Waals surface area contributed by atoms with Gasteiger partial charge in [0.15, 0.2) is 5.13 Å². The Balaban J connectivity index is 2.16. The van der Waals surface area contributed by atoms with Gasteiger partial charge in [-0.3, -0.25) is 0 Å². The Labute approximate surface area is 112 Å². The molecular formula is C14H19N3S. The number of nitrogens with zero attached hydrogens (tertiary/aromatic N) is 2. The molecule has 1 aromatic heterocycles. The molecular weight excluding hydrogens is 242 g/mol. The molecule has 2 N–H and O–H groups in total. The van der Waals surface area contributed by atoms with Crippen LogP contribution in [0.3, 0.4) is 0 Å². The van der Waals surface area contributed by atoms with Gasteiger partial charge in [-0.1, -0.05) is 24.3 Å². The second-order valence-electron chi connectivity index (χ2n) is 4.49.